The van der Waals surface area contributed by atoms with Crippen LogP contribution in [0.4, 0.5) is 11.4 Å². The lowest BCUT2D eigenvalue weighted by Gasteiger charge is -2.16. The van der Waals surface area contributed by atoms with Crippen molar-refractivity contribution < 1.29 is 19.1 Å². The van der Waals surface area contributed by atoms with Gasteiger partial charge in [0.05, 0.1) is 20.6 Å². The van der Waals surface area contributed by atoms with Crippen LogP contribution in [0.1, 0.15) is 18.4 Å². The maximum Gasteiger partial charge on any atom is 0.228 e. The predicted octanol–water partition coefficient (Wildman–Crippen LogP) is 4.68. The van der Waals surface area contributed by atoms with Crippen molar-refractivity contribution in [2.45, 2.75) is 19.3 Å². The number of carbonyl (C=O) groups is 2. The highest BCUT2D eigenvalue weighted by Crippen LogP contribution is 2.33. The van der Waals surface area contributed by atoms with Gasteiger partial charge in [0.2, 0.25) is 11.8 Å². The topological polar surface area (TPSA) is 67.9 Å². The number of rotatable bonds is 7. The molecule has 1 heterocycles. The molecule has 164 valence electrons. The lowest BCUT2D eigenvalue weighted by atomic mass is 10.0. The van der Waals surface area contributed by atoms with Crippen molar-refractivity contribution in [2.24, 2.45) is 0 Å². The zero-order chi connectivity index (χ0) is 22.5. The fourth-order valence-electron chi connectivity index (χ4n) is 3.89. The minimum Gasteiger partial charge on any atom is -0.497 e. The fourth-order valence-corrected chi connectivity index (χ4v) is 3.89. The second kappa shape index (κ2) is 9.56. The van der Waals surface area contributed by atoms with Gasteiger partial charge in [-0.15, -0.1) is 0 Å². The lowest BCUT2D eigenvalue weighted by molar-refractivity contribution is -0.117. The number of methoxy groups -OCH3 is 2. The van der Waals surface area contributed by atoms with Gasteiger partial charge >= 0.3 is 0 Å². The van der Waals surface area contributed by atoms with E-state index in [1.807, 2.05) is 66.7 Å². The molecule has 0 aromatic heterocycles. The Morgan fingerprint density at radius 2 is 1.72 bits per heavy atom. The number of hydrogen-bond acceptors (Lipinski definition) is 4. The summed E-state index contributed by atoms with van der Waals surface area (Å²) in [4.78, 5) is 26.3. The first kappa shape index (κ1) is 21.4. The van der Waals surface area contributed by atoms with Crippen LogP contribution in [0.15, 0.2) is 66.7 Å². The molecule has 1 aliphatic heterocycles. The van der Waals surface area contributed by atoms with Crippen LogP contribution >= 0.6 is 0 Å². The van der Waals surface area contributed by atoms with Crippen molar-refractivity contribution in [1.29, 1.82) is 0 Å². The second-order valence-corrected chi connectivity index (χ2v) is 7.68. The van der Waals surface area contributed by atoms with Crippen LogP contribution in [0.3, 0.4) is 0 Å². The van der Waals surface area contributed by atoms with Gasteiger partial charge in [0.15, 0.2) is 0 Å². The highest BCUT2D eigenvalue weighted by molar-refractivity contribution is 5.96. The number of benzene rings is 3. The molecule has 0 atom stereocenters. The minimum atomic E-state index is -0.110. The molecule has 0 aliphatic carbocycles. The maximum atomic E-state index is 12.6. The highest BCUT2D eigenvalue weighted by atomic mass is 16.5. The zero-order valence-corrected chi connectivity index (χ0v) is 18.3. The molecule has 0 bridgehead atoms. The van der Waals surface area contributed by atoms with Crippen LogP contribution in [0.5, 0.6) is 11.5 Å². The predicted molar refractivity (Wildman–Crippen MR) is 125 cm³/mol. The van der Waals surface area contributed by atoms with E-state index in [0.717, 1.165) is 46.8 Å². The van der Waals surface area contributed by atoms with Crippen molar-refractivity contribution >= 4 is 23.2 Å². The largest absolute Gasteiger partial charge is 0.497 e. The van der Waals surface area contributed by atoms with E-state index in [-0.39, 0.29) is 18.2 Å². The molecule has 1 aliphatic rings. The quantitative estimate of drug-likeness (QED) is 0.591. The molecule has 0 radical (unpaired) electrons. The normalized spacial score (nSPS) is 13.2. The first-order chi connectivity index (χ1) is 15.6. The van der Waals surface area contributed by atoms with Crippen molar-refractivity contribution in [3.05, 3.63) is 72.3 Å². The van der Waals surface area contributed by atoms with Crippen molar-refractivity contribution in [1.82, 2.24) is 0 Å². The first-order valence-electron chi connectivity index (χ1n) is 10.6. The summed E-state index contributed by atoms with van der Waals surface area (Å²) in [5.74, 6) is 1.54. The van der Waals surface area contributed by atoms with E-state index in [4.69, 9.17) is 9.47 Å². The van der Waals surface area contributed by atoms with E-state index in [9.17, 15) is 9.59 Å². The molecule has 3 aromatic carbocycles. The third-order valence-electron chi connectivity index (χ3n) is 5.57. The van der Waals surface area contributed by atoms with E-state index in [1.54, 1.807) is 19.1 Å². The zero-order valence-electron chi connectivity index (χ0n) is 18.3. The average molecular weight is 431 g/mol. The van der Waals surface area contributed by atoms with Gasteiger partial charge in [0, 0.05) is 29.9 Å². The lowest BCUT2D eigenvalue weighted by Crippen LogP contribution is -2.23. The van der Waals surface area contributed by atoms with Gasteiger partial charge in [-0.2, -0.15) is 0 Å². The Bertz CT molecular complexity index is 1110. The van der Waals surface area contributed by atoms with Crippen LogP contribution in [0.25, 0.3) is 11.1 Å². The summed E-state index contributed by atoms with van der Waals surface area (Å²) in [6.45, 7) is 0.757. The molecule has 0 unspecified atom stereocenters. The van der Waals surface area contributed by atoms with Gasteiger partial charge in [0.1, 0.15) is 11.5 Å². The Kier molecular flexibility index (Phi) is 6.40. The molecular formula is C26H26N2O4. The molecule has 1 fully saturated rings. The van der Waals surface area contributed by atoms with Gasteiger partial charge in [-0.05, 0) is 60.0 Å². The number of hydrogen-bond donors (Lipinski definition) is 1. The first-order valence-corrected chi connectivity index (χ1v) is 10.6. The van der Waals surface area contributed by atoms with Gasteiger partial charge in [-0.25, -0.2) is 0 Å². The molecule has 2 amide bonds. The summed E-state index contributed by atoms with van der Waals surface area (Å²) in [6.07, 6.45) is 1.74. The van der Waals surface area contributed by atoms with Crippen LogP contribution in [0.2, 0.25) is 0 Å². The molecule has 1 saturated heterocycles. The Morgan fingerprint density at radius 3 is 2.34 bits per heavy atom. The summed E-state index contributed by atoms with van der Waals surface area (Å²) in [7, 11) is 3.26. The number of ether oxygens (including phenoxy) is 2. The van der Waals surface area contributed by atoms with Crippen molar-refractivity contribution in [3.63, 3.8) is 0 Å². The molecular weight excluding hydrogens is 404 g/mol. The fraction of sp³-hybridized carbons (Fsp3) is 0.231. The monoisotopic (exact) mass is 430 g/mol. The number of nitrogens with zero attached hydrogens (tertiary/aromatic N) is 1. The number of amides is 2. The van der Waals surface area contributed by atoms with Gasteiger partial charge in [0.25, 0.3) is 0 Å². The minimum absolute atomic E-state index is 0.110. The van der Waals surface area contributed by atoms with Gasteiger partial charge < -0.3 is 19.7 Å². The summed E-state index contributed by atoms with van der Waals surface area (Å²) < 4.78 is 10.7. The van der Waals surface area contributed by atoms with Gasteiger partial charge in [-0.1, -0.05) is 24.3 Å². The molecule has 0 saturated carbocycles. The van der Waals surface area contributed by atoms with Crippen LogP contribution in [0, 0.1) is 0 Å². The van der Waals surface area contributed by atoms with E-state index in [2.05, 4.69) is 5.32 Å². The van der Waals surface area contributed by atoms with Gasteiger partial charge in [-0.3, -0.25) is 9.59 Å². The molecule has 6 heteroatoms. The molecule has 6 nitrogen and oxygen atoms in total. The molecule has 32 heavy (non-hydrogen) atoms. The summed E-state index contributed by atoms with van der Waals surface area (Å²) in [6, 6.07) is 20.9. The number of nitrogens with one attached hydrogen (secondary N) is 1. The van der Waals surface area contributed by atoms with Crippen molar-refractivity contribution in [2.75, 3.05) is 31.0 Å². The van der Waals surface area contributed by atoms with Crippen LogP contribution in [-0.4, -0.2) is 32.6 Å². The van der Waals surface area contributed by atoms with Crippen LogP contribution in [-0.2, 0) is 16.0 Å². The van der Waals surface area contributed by atoms with Crippen molar-refractivity contribution in [3.8, 4) is 22.6 Å². The Morgan fingerprint density at radius 1 is 0.969 bits per heavy atom. The number of anilines is 2. The third-order valence-corrected chi connectivity index (χ3v) is 5.57. The molecule has 3 aromatic rings. The second-order valence-electron chi connectivity index (χ2n) is 7.68. The SMILES string of the molecule is COc1ccc(-c2cc(NC(=O)Cc3ccc(N4CCCC4=O)cc3)ccc2OC)cc1. The Labute approximate surface area is 187 Å². The Hall–Kier alpha value is -3.80. The Balaban J connectivity index is 1.45. The molecule has 4 rings (SSSR count). The summed E-state index contributed by atoms with van der Waals surface area (Å²) in [5, 5.41) is 2.97. The van der Waals surface area contributed by atoms with Crippen LogP contribution < -0.4 is 19.7 Å². The average Bonchev–Trinajstić information content (AvgIpc) is 3.25. The molecule has 1 N–H and O–H groups in total. The van der Waals surface area contributed by atoms with E-state index >= 15 is 0 Å². The van der Waals surface area contributed by atoms with E-state index < -0.39 is 0 Å². The smallest absolute Gasteiger partial charge is 0.228 e. The maximum absolute atomic E-state index is 12.6. The number of carbonyl (C=O) groups excluding carboxylic acids is 2. The molecule has 0 spiro atoms. The van der Waals surface area contributed by atoms with E-state index in [1.165, 1.54) is 0 Å². The summed E-state index contributed by atoms with van der Waals surface area (Å²) >= 11 is 0. The highest BCUT2D eigenvalue weighted by Gasteiger charge is 2.21. The third kappa shape index (κ3) is 4.75. The summed E-state index contributed by atoms with van der Waals surface area (Å²) in [5.41, 5.74) is 4.32. The van der Waals surface area contributed by atoms with E-state index in [0.29, 0.717) is 12.1 Å². The standard InChI is InChI=1S/C26H26N2O4/c1-31-22-12-7-19(8-13-22)23-17-20(9-14-24(23)32-2)27-25(29)16-18-5-10-21(11-6-18)28-15-3-4-26(28)30/h5-14,17H,3-4,15-16H2,1-2H3,(H,27,29).